The minimum absolute atomic E-state index is 0.156. The highest BCUT2D eigenvalue weighted by molar-refractivity contribution is 5.94. The molecule has 1 N–H and O–H groups in total. The molecule has 0 atom stereocenters. The molecular weight excluding hydrogens is 316 g/mol. The second-order valence-electron chi connectivity index (χ2n) is 5.71. The molecule has 0 saturated heterocycles. The molecule has 1 aromatic rings. The fourth-order valence-corrected chi connectivity index (χ4v) is 2.75. The van der Waals surface area contributed by atoms with Crippen molar-refractivity contribution < 1.29 is 24.0 Å². The number of nitro benzene ring substituents is 1. The number of methoxy groups -OCH3 is 1. The van der Waals surface area contributed by atoms with Crippen molar-refractivity contribution in [2.24, 2.45) is 5.92 Å². The minimum atomic E-state index is -0.575. The van der Waals surface area contributed by atoms with E-state index in [1.54, 1.807) is 0 Å². The maximum atomic E-state index is 11.9. The van der Waals surface area contributed by atoms with Gasteiger partial charge < -0.3 is 14.8 Å². The zero-order chi connectivity index (χ0) is 17.5. The Labute approximate surface area is 139 Å². The SMILES string of the molecule is COc1ccc([N+](=O)[O-])cc1NC(=O)COC(=O)CC1CCCC1. The second-order valence-corrected chi connectivity index (χ2v) is 5.71. The molecule has 1 aliphatic carbocycles. The molecule has 24 heavy (non-hydrogen) atoms. The number of carbonyl (C=O) groups excluding carboxylic acids is 2. The van der Waals surface area contributed by atoms with Gasteiger partial charge in [-0.1, -0.05) is 12.8 Å². The van der Waals surface area contributed by atoms with E-state index in [4.69, 9.17) is 9.47 Å². The van der Waals surface area contributed by atoms with E-state index in [1.807, 2.05) is 0 Å². The zero-order valence-electron chi connectivity index (χ0n) is 13.4. The lowest BCUT2D eigenvalue weighted by molar-refractivity contribution is -0.384. The molecule has 0 heterocycles. The highest BCUT2D eigenvalue weighted by Crippen LogP contribution is 2.29. The number of benzene rings is 1. The number of hydrogen-bond donors (Lipinski definition) is 1. The average Bonchev–Trinajstić information content (AvgIpc) is 3.05. The van der Waals surface area contributed by atoms with E-state index >= 15 is 0 Å². The van der Waals surface area contributed by atoms with Gasteiger partial charge in [0.05, 0.1) is 17.7 Å². The molecule has 0 unspecified atom stereocenters. The second kappa shape index (κ2) is 8.28. The highest BCUT2D eigenvalue weighted by atomic mass is 16.6. The first-order valence-electron chi connectivity index (χ1n) is 7.77. The van der Waals surface area contributed by atoms with Crippen LogP contribution in [0.25, 0.3) is 0 Å². The molecule has 1 aromatic carbocycles. The largest absolute Gasteiger partial charge is 0.495 e. The molecule has 0 aromatic heterocycles. The molecule has 8 heteroatoms. The summed E-state index contributed by atoms with van der Waals surface area (Å²) in [6, 6.07) is 3.85. The number of hydrogen-bond acceptors (Lipinski definition) is 6. The molecule has 0 radical (unpaired) electrons. The fourth-order valence-electron chi connectivity index (χ4n) is 2.75. The topological polar surface area (TPSA) is 108 Å². The number of non-ortho nitro benzene ring substituents is 1. The molecule has 1 fully saturated rings. The van der Waals surface area contributed by atoms with Crippen LogP contribution in [0.5, 0.6) is 5.75 Å². The van der Waals surface area contributed by atoms with Crippen LogP contribution in [0.2, 0.25) is 0 Å². The van der Waals surface area contributed by atoms with Gasteiger partial charge in [-0.05, 0) is 24.8 Å². The lowest BCUT2D eigenvalue weighted by atomic mass is 10.1. The first-order valence-corrected chi connectivity index (χ1v) is 7.77. The molecular formula is C16H20N2O6. The van der Waals surface area contributed by atoms with E-state index in [0.717, 1.165) is 25.7 Å². The number of ether oxygens (including phenoxy) is 2. The number of nitro groups is 1. The van der Waals surface area contributed by atoms with E-state index in [-0.39, 0.29) is 17.1 Å². The van der Waals surface area contributed by atoms with E-state index < -0.39 is 23.4 Å². The third-order valence-electron chi connectivity index (χ3n) is 3.96. The summed E-state index contributed by atoms with van der Waals surface area (Å²) in [7, 11) is 1.39. The van der Waals surface area contributed by atoms with Crippen LogP contribution in [0, 0.1) is 16.0 Å². The van der Waals surface area contributed by atoms with Crippen molar-refractivity contribution in [1.29, 1.82) is 0 Å². The van der Waals surface area contributed by atoms with Gasteiger partial charge in [-0.2, -0.15) is 0 Å². The summed E-state index contributed by atoms with van der Waals surface area (Å²) in [5.41, 5.74) is -0.0205. The molecule has 2 rings (SSSR count). The van der Waals surface area contributed by atoms with Crippen LogP contribution in [-0.2, 0) is 14.3 Å². The predicted octanol–water partition coefficient (Wildman–Crippen LogP) is 2.67. The quantitative estimate of drug-likeness (QED) is 0.466. The summed E-state index contributed by atoms with van der Waals surface area (Å²) in [5.74, 6) is -0.347. The van der Waals surface area contributed by atoms with Crippen LogP contribution < -0.4 is 10.1 Å². The minimum Gasteiger partial charge on any atom is -0.495 e. The van der Waals surface area contributed by atoms with E-state index in [1.165, 1.54) is 25.3 Å². The maximum Gasteiger partial charge on any atom is 0.306 e. The zero-order valence-corrected chi connectivity index (χ0v) is 13.4. The maximum absolute atomic E-state index is 11.9. The molecule has 130 valence electrons. The Bertz CT molecular complexity index is 625. The first kappa shape index (κ1) is 17.7. The summed E-state index contributed by atoms with van der Waals surface area (Å²) in [5, 5.41) is 13.3. The fraction of sp³-hybridized carbons (Fsp3) is 0.500. The molecule has 8 nitrogen and oxygen atoms in total. The van der Waals surface area contributed by atoms with Crippen LogP contribution in [0.15, 0.2) is 18.2 Å². The summed E-state index contributed by atoms with van der Waals surface area (Å²) >= 11 is 0. The van der Waals surface area contributed by atoms with Gasteiger partial charge >= 0.3 is 5.97 Å². The lowest BCUT2D eigenvalue weighted by Crippen LogP contribution is -2.22. The predicted molar refractivity (Wildman–Crippen MR) is 85.8 cm³/mol. The third kappa shape index (κ3) is 4.94. The highest BCUT2D eigenvalue weighted by Gasteiger charge is 2.20. The van der Waals surface area contributed by atoms with Crippen LogP contribution in [0.3, 0.4) is 0 Å². The van der Waals surface area contributed by atoms with Gasteiger partial charge in [-0.3, -0.25) is 19.7 Å². The molecule has 0 aliphatic heterocycles. The van der Waals surface area contributed by atoms with Crippen LogP contribution in [-0.4, -0.2) is 30.5 Å². The van der Waals surface area contributed by atoms with Crippen molar-refractivity contribution in [1.82, 2.24) is 0 Å². The van der Waals surface area contributed by atoms with Gasteiger partial charge in [0.1, 0.15) is 5.75 Å². The van der Waals surface area contributed by atoms with Crippen molar-refractivity contribution in [2.75, 3.05) is 19.0 Å². The Balaban J connectivity index is 1.88. The number of carbonyl (C=O) groups is 2. The van der Waals surface area contributed by atoms with Gasteiger partial charge in [0.2, 0.25) is 0 Å². The number of nitrogens with one attached hydrogen (secondary N) is 1. The molecule has 1 saturated carbocycles. The van der Waals surface area contributed by atoms with Crippen molar-refractivity contribution in [3.8, 4) is 5.75 Å². The van der Waals surface area contributed by atoms with Crippen LogP contribution in [0.1, 0.15) is 32.1 Å². The number of rotatable bonds is 7. The third-order valence-corrected chi connectivity index (χ3v) is 3.96. The van der Waals surface area contributed by atoms with Crippen LogP contribution >= 0.6 is 0 Å². The normalized spacial score (nSPS) is 14.2. The van der Waals surface area contributed by atoms with E-state index in [0.29, 0.717) is 12.3 Å². The van der Waals surface area contributed by atoms with Crippen molar-refractivity contribution >= 4 is 23.3 Å². The summed E-state index contributed by atoms with van der Waals surface area (Å²) in [6.07, 6.45) is 4.63. The number of esters is 1. The smallest absolute Gasteiger partial charge is 0.306 e. The van der Waals surface area contributed by atoms with Gasteiger partial charge in [-0.25, -0.2) is 0 Å². The monoisotopic (exact) mass is 336 g/mol. The summed E-state index contributed by atoms with van der Waals surface area (Å²) in [6.45, 7) is -0.433. The molecule has 0 bridgehead atoms. The molecule has 1 aliphatic rings. The average molecular weight is 336 g/mol. The number of amides is 1. The van der Waals surface area contributed by atoms with Crippen LogP contribution in [0.4, 0.5) is 11.4 Å². The summed E-state index contributed by atoms with van der Waals surface area (Å²) < 4.78 is 10.0. The van der Waals surface area contributed by atoms with Crippen molar-refractivity contribution in [3.05, 3.63) is 28.3 Å². The van der Waals surface area contributed by atoms with Gasteiger partial charge in [0.25, 0.3) is 11.6 Å². The Morgan fingerprint density at radius 2 is 2.04 bits per heavy atom. The Hall–Kier alpha value is -2.64. The van der Waals surface area contributed by atoms with Gasteiger partial charge in [0, 0.05) is 18.6 Å². The van der Waals surface area contributed by atoms with Crippen molar-refractivity contribution in [3.63, 3.8) is 0 Å². The molecule has 1 amide bonds. The number of anilines is 1. The molecule has 0 spiro atoms. The van der Waals surface area contributed by atoms with E-state index in [2.05, 4.69) is 5.32 Å². The first-order chi connectivity index (χ1) is 11.5. The van der Waals surface area contributed by atoms with E-state index in [9.17, 15) is 19.7 Å². The Kier molecular flexibility index (Phi) is 6.11. The van der Waals surface area contributed by atoms with Crippen molar-refractivity contribution in [2.45, 2.75) is 32.1 Å². The summed E-state index contributed by atoms with van der Waals surface area (Å²) in [4.78, 5) is 33.8. The van der Waals surface area contributed by atoms with Gasteiger partial charge in [0.15, 0.2) is 6.61 Å². The Morgan fingerprint density at radius 3 is 2.67 bits per heavy atom. The Morgan fingerprint density at radius 1 is 1.33 bits per heavy atom. The standard InChI is InChI=1S/C16H20N2O6/c1-23-14-7-6-12(18(21)22)9-13(14)17-15(19)10-24-16(20)8-11-4-2-3-5-11/h6-7,9,11H,2-5,8,10H2,1H3,(H,17,19). The lowest BCUT2D eigenvalue weighted by Gasteiger charge is -2.11. The number of nitrogens with zero attached hydrogens (tertiary/aromatic N) is 1. The van der Waals surface area contributed by atoms with Gasteiger partial charge in [-0.15, -0.1) is 0 Å².